The summed E-state index contributed by atoms with van der Waals surface area (Å²) in [6.45, 7) is 5.45. The zero-order valence-electron chi connectivity index (χ0n) is 10.5. The summed E-state index contributed by atoms with van der Waals surface area (Å²) in [6, 6.07) is 0. The van der Waals surface area contributed by atoms with E-state index in [1.807, 2.05) is 0 Å². The topological polar surface area (TPSA) is 55.4 Å². The second kappa shape index (κ2) is 10.1. The molecule has 0 aromatic carbocycles. The van der Waals surface area contributed by atoms with E-state index in [-0.39, 0.29) is 5.75 Å². The van der Waals surface area contributed by atoms with Crippen molar-refractivity contribution >= 4 is 9.84 Å². The van der Waals surface area contributed by atoms with Gasteiger partial charge in [0, 0.05) is 19.5 Å². The standard InChI is InChI=1S/C11H25NO3S/c1-3-4-9-15-10-5-7-12-8-6-11-16(2,13)14/h12H,3-11H2,1-2H3. The van der Waals surface area contributed by atoms with Gasteiger partial charge in [0.25, 0.3) is 0 Å². The molecule has 0 saturated heterocycles. The van der Waals surface area contributed by atoms with Crippen LogP contribution in [0.1, 0.15) is 32.6 Å². The van der Waals surface area contributed by atoms with Crippen molar-refractivity contribution in [1.29, 1.82) is 0 Å². The first-order valence-corrected chi connectivity index (χ1v) is 8.08. The van der Waals surface area contributed by atoms with Crippen LogP contribution in [0.3, 0.4) is 0 Å². The number of nitrogens with one attached hydrogen (secondary N) is 1. The Kier molecular flexibility index (Phi) is 9.97. The maximum atomic E-state index is 10.8. The maximum absolute atomic E-state index is 10.8. The highest BCUT2D eigenvalue weighted by atomic mass is 32.2. The lowest BCUT2D eigenvalue weighted by atomic mass is 10.3. The zero-order chi connectivity index (χ0) is 12.3. The Bertz CT molecular complexity index is 240. The number of sulfone groups is 1. The summed E-state index contributed by atoms with van der Waals surface area (Å²) in [6.07, 6.45) is 5.25. The maximum Gasteiger partial charge on any atom is 0.147 e. The van der Waals surface area contributed by atoms with Crippen molar-refractivity contribution in [2.45, 2.75) is 32.6 Å². The number of hydrogen-bond acceptors (Lipinski definition) is 4. The molecule has 1 N–H and O–H groups in total. The van der Waals surface area contributed by atoms with Crippen molar-refractivity contribution in [3.8, 4) is 0 Å². The quantitative estimate of drug-likeness (QED) is 0.561. The smallest absolute Gasteiger partial charge is 0.147 e. The van der Waals surface area contributed by atoms with Gasteiger partial charge in [0.1, 0.15) is 9.84 Å². The van der Waals surface area contributed by atoms with E-state index in [0.717, 1.165) is 39.1 Å². The summed E-state index contributed by atoms with van der Waals surface area (Å²) in [5.74, 6) is 0.271. The minimum Gasteiger partial charge on any atom is -0.381 e. The van der Waals surface area contributed by atoms with E-state index in [0.29, 0.717) is 6.42 Å². The van der Waals surface area contributed by atoms with E-state index >= 15 is 0 Å². The van der Waals surface area contributed by atoms with Crippen LogP contribution in [0.15, 0.2) is 0 Å². The lowest BCUT2D eigenvalue weighted by Gasteiger charge is -2.05. The van der Waals surface area contributed by atoms with Gasteiger partial charge in [-0.2, -0.15) is 0 Å². The molecule has 0 bridgehead atoms. The average Bonchev–Trinajstić information content (AvgIpc) is 2.19. The first-order valence-electron chi connectivity index (χ1n) is 6.02. The van der Waals surface area contributed by atoms with E-state index in [1.165, 1.54) is 12.7 Å². The van der Waals surface area contributed by atoms with Gasteiger partial charge in [-0.3, -0.25) is 0 Å². The molecule has 0 aliphatic carbocycles. The van der Waals surface area contributed by atoms with Crippen LogP contribution in [0.5, 0.6) is 0 Å². The summed E-state index contributed by atoms with van der Waals surface area (Å²) in [7, 11) is -2.80. The number of ether oxygens (including phenoxy) is 1. The molecule has 0 aliphatic rings. The fourth-order valence-corrected chi connectivity index (χ4v) is 1.90. The molecule has 0 rings (SSSR count). The molecule has 0 atom stereocenters. The van der Waals surface area contributed by atoms with Gasteiger partial charge < -0.3 is 10.1 Å². The predicted octanol–water partition coefficient (Wildman–Crippen LogP) is 1.22. The van der Waals surface area contributed by atoms with Gasteiger partial charge in [0.2, 0.25) is 0 Å². The van der Waals surface area contributed by atoms with Crippen molar-refractivity contribution in [2.24, 2.45) is 0 Å². The molecule has 0 aromatic heterocycles. The molecule has 98 valence electrons. The van der Waals surface area contributed by atoms with Gasteiger partial charge in [-0.1, -0.05) is 13.3 Å². The van der Waals surface area contributed by atoms with Crippen LogP contribution < -0.4 is 5.32 Å². The number of unbranched alkanes of at least 4 members (excludes halogenated alkanes) is 1. The molecule has 0 amide bonds. The Morgan fingerprint density at radius 3 is 2.31 bits per heavy atom. The molecule has 0 unspecified atom stereocenters. The summed E-state index contributed by atoms with van der Waals surface area (Å²) in [5.41, 5.74) is 0. The molecule has 0 heterocycles. The minimum absolute atomic E-state index is 0.271. The number of hydrogen-bond donors (Lipinski definition) is 1. The van der Waals surface area contributed by atoms with Crippen molar-refractivity contribution in [3.63, 3.8) is 0 Å². The highest BCUT2D eigenvalue weighted by molar-refractivity contribution is 7.90. The average molecular weight is 251 g/mol. The normalized spacial score (nSPS) is 11.9. The van der Waals surface area contributed by atoms with Gasteiger partial charge >= 0.3 is 0 Å². The summed E-state index contributed by atoms with van der Waals surface area (Å²) >= 11 is 0. The van der Waals surface area contributed by atoms with Crippen LogP contribution in [-0.2, 0) is 14.6 Å². The lowest BCUT2D eigenvalue weighted by molar-refractivity contribution is 0.129. The van der Waals surface area contributed by atoms with Crippen LogP contribution in [0.2, 0.25) is 0 Å². The predicted molar refractivity (Wildman–Crippen MR) is 67.5 cm³/mol. The largest absolute Gasteiger partial charge is 0.381 e. The van der Waals surface area contributed by atoms with Gasteiger partial charge in [-0.25, -0.2) is 8.42 Å². The third kappa shape index (κ3) is 13.9. The third-order valence-electron chi connectivity index (χ3n) is 2.15. The second-order valence-electron chi connectivity index (χ2n) is 4.05. The molecule has 0 fully saturated rings. The van der Waals surface area contributed by atoms with E-state index in [4.69, 9.17) is 4.74 Å². The monoisotopic (exact) mass is 251 g/mol. The van der Waals surface area contributed by atoms with Crippen molar-refractivity contribution in [2.75, 3.05) is 38.3 Å². The van der Waals surface area contributed by atoms with Crippen molar-refractivity contribution in [3.05, 3.63) is 0 Å². The fourth-order valence-electron chi connectivity index (χ4n) is 1.23. The lowest BCUT2D eigenvalue weighted by Crippen LogP contribution is -2.20. The highest BCUT2D eigenvalue weighted by Crippen LogP contribution is 1.90. The summed E-state index contributed by atoms with van der Waals surface area (Å²) in [5, 5.41) is 3.20. The highest BCUT2D eigenvalue weighted by Gasteiger charge is 2.00. The van der Waals surface area contributed by atoms with Gasteiger partial charge in [0.05, 0.1) is 5.75 Å². The third-order valence-corrected chi connectivity index (χ3v) is 3.18. The van der Waals surface area contributed by atoms with E-state index in [9.17, 15) is 8.42 Å². The fraction of sp³-hybridized carbons (Fsp3) is 1.00. The molecule has 4 nitrogen and oxygen atoms in total. The second-order valence-corrected chi connectivity index (χ2v) is 6.31. The Morgan fingerprint density at radius 1 is 1.06 bits per heavy atom. The van der Waals surface area contributed by atoms with Crippen LogP contribution in [-0.4, -0.2) is 46.7 Å². The first-order chi connectivity index (χ1) is 7.56. The minimum atomic E-state index is -2.80. The summed E-state index contributed by atoms with van der Waals surface area (Å²) in [4.78, 5) is 0. The van der Waals surface area contributed by atoms with Crippen LogP contribution in [0.25, 0.3) is 0 Å². The Balaban J connectivity index is 3.05. The van der Waals surface area contributed by atoms with Gasteiger partial charge in [0.15, 0.2) is 0 Å². The first kappa shape index (κ1) is 15.9. The van der Waals surface area contributed by atoms with Crippen molar-refractivity contribution in [1.82, 2.24) is 5.32 Å². The van der Waals surface area contributed by atoms with Crippen LogP contribution >= 0.6 is 0 Å². The molecule has 16 heavy (non-hydrogen) atoms. The van der Waals surface area contributed by atoms with E-state index in [2.05, 4.69) is 12.2 Å². The van der Waals surface area contributed by atoms with Crippen molar-refractivity contribution < 1.29 is 13.2 Å². The Hall–Kier alpha value is -0.130. The van der Waals surface area contributed by atoms with Crippen LogP contribution in [0, 0.1) is 0 Å². The molecule has 0 saturated carbocycles. The van der Waals surface area contributed by atoms with E-state index in [1.54, 1.807) is 0 Å². The molecular weight excluding hydrogens is 226 g/mol. The van der Waals surface area contributed by atoms with Gasteiger partial charge in [-0.15, -0.1) is 0 Å². The molecule has 5 heteroatoms. The Labute approximate surface area is 99.7 Å². The molecule has 0 aromatic rings. The molecule has 0 aliphatic heterocycles. The summed E-state index contributed by atoms with van der Waals surface area (Å²) < 4.78 is 27.0. The van der Waals surface area contributed by atoms with E-state index < -0.39 is 9.84 Å². The zero-order valence-corrected chi connectivity index (χ0v) is 11.3. The van der Waals surface area contributed by atoms with Gasteiger partial charge in [-0.05, 0) is 32.4 Å². The molecular formula is C11H25NO3S. The van der Waals surface area contributed by atoms with Crippen LogP contribution in [0.4, 0.5) is 0 Å². The number of rotatable bonds is 11. The Morgan fingerprint density at radius 2 is 1.69 bits per heavy atom. The SMILES string of the molecule is CCCCOCCCNCCCS(C)(=O)=O. The molecule has 0 radical (unpaired) electrons. The molecule has 0 spiro atoms.